The van der Waals surface area contributed by atoms with Crippen molar-refractivity contribution in [1.29, 1.82) is 0 Å². The van der Waals surface area contributed by atoms with Crippen molar-refractivity contribution in [3.8, 4) is 16.9 Å². The number of carbonyl (C=O) groups is 1. The van der Waals surface area contributed by atoms with E-state index in [4.69, 9.17) is 14.9 Å². The first-order valence-electron chi connectivity index (χ1n) is 8.86. The summed E-state index contributed by atoms with van der Waals surface area (Å²) in [5, 5.41) is 0.912. The number of likely N-dealkylation sites (tertiary alicyclic amines) is 1. The minimum Gasteiger partial charge on any atom is -0.497 e. The number of fused-ring (bicyclic) bond motifs is 1. The molecule has 134 valence electrons. The van der Waals surface area contributed by atoms with Gasteiger partial charge in [0, 0.05) is 30.1 Å². The molecular weight excluding hydrogens is 328 g/mol. The van der Waals surface area contributed by atoms with E-state index in [2.05, 4.69) is 0 Å². The van der Waals surface area contributed by atoms with E-state index in [-0.39, 0.29) is 5.91 Å². The average Bonchev–Trinajstić information content (AvgIpc) is 3.32. The minimum atomic E-state index is -0.0741. The van der Waals surface area contributed by atoms with Crippen molar-refractivity contribution in [2.45, 2.75) is 6.42 Å². The van der Waals surface area contributed by atoms with Crippen LogP contribution < -0.4 is 10.5 Å². The Kier molecular flexibility index (Phi) is 4.39. The third-order valence-electron chi connectivity index (χ3n) is 5.06. The SMILES string of the molecule is COc1ccc2c(-c3ccccc3)c(C(=O)N3CCC(CN)C3)oc2c1. The summed E-state index contributed by atoms with van der Waals surface area (Å²) in [6.07, 6.45) is 0.941. The fourth-order valence-electron chi connectivity index (χ4n) is 3.60. The third kappa shape index (κ3) is 2.84. The van der Waals surface area contributed by atoms with Crippen LogP contribution in [0.2, 0.25) is 0 Å². The van der Waals surface area contributed by atoms with Crippen LogP contribution in [0.15, 0.2) is 52.9 Å². The zero-order valence-corrected chi connectivity index (χ0v) is 14.8. The Morgan fingerprint density at radius 1 is 1.27 bits per heavy atom. The maximum Gasteiger partial charge on any atom is 0.290 e. The molecule has 4 rings (SSSR count). The third-order valence-corrected chi connectivity index (χ3v) is 5.06. The molecule has 1 aliphatic heterocycles. The van der Waals surface area contributed by atoms with Gasteiger partial charge in [-0.25, -0.2) is 0 Å². The van der Waals surface area contributed by atoms with Crippen molar-refractivity contribution >= 4 is 16.9 Å². The molecule has 26 heavy (non-hydrogen) atoms. The first kappa shape index (κ1) is 16.7. The number of carbonyl (C=O) groups excluding carboxylic acids is 1. The standard InChI is InChI=1S/C21H22N2O3/c1-25-16-7-8-17-18(11-16)26-20(19(17)15-5-3-2-4-6-15)21(24)23-10-9-14(12-22)13-23/h2-8,11,14H,9-10,12-13,22H2,1H3. The topological polar surface area (TPSA) is 68.7 Å². The number of nitrogens with zero attached hydrogens (tertiary/aromatic N) is 1. The van der Waals surface area contributed by atoms with Crippen molar-refractivity contribution in [3.05, 3.63) is 54.3 Å². The van der Waals surface area contributed by atoms with Gasteiger partial charge in [0.2, 0.25) is 5.76 Å². The minimum absolute atomic E-state index is 0.0741. The first-order chi connectivity index (χ1) is 12.7. The summed E-state index contributed by atoms with van der Waals surface area (Å²) in [6, 6.07) is 15.5. The van der Waals surface area contributed by atoms with Gasteiger partial charge >= 0.3 is 0 Å². The smallest absolute Gasteiger partial charge is 0.290 e. The molecule has 1 saturated heterocycles. The van der Waals surface area contributed by atoms with Crippen LogP contribution in [0.25, 0.3) is 22.1 Å². The summed E-state index contributed by atoms with van der Waals surface area (Å²) in [5.41, 5.74) is 8.23. The van der Waals surface area contributed by atoms with Crippen LogP contribution in [-0.2, 0) is 0 Å². The van der Waals surface area contributed by atoms with Gasteiger partial charge in [-0.15, -0.1) is 0 Å². The lowest BCUT2D eigenvalue weighted by molar-refractivity contribution is 0.0759. The van der Waals surface area contributed by atoms with E-state index in [9.17, 15) is 4.79 Å². The Balaban J connectivity index is 1.84. The Morgan fingerprint density at radius 3 is 2.77 bits per heavy atom. The van der Waals surface area contributed by atoms with Crippen LogP contribution in [0, 0.1) is 5.92 Å². The highest BCUT2D eigenvalue weighted by Crippen LogP contribution is 2.37. The van der Waals surface area contributed by atoms with Gasteiger partial charge < -0.3 is 19.8 Å². The number of benzene rings is 2. The van der Waals surface area contributed by atoms with Gasteiger partial charge in [-0.1, -0.05) is 30.3 Å². The molecule has 0 spiro atoms. The van der Waals surface area contributed by atoms with Crippen LogP contribution in [0.3, 0.4) is 0 Å². The molecule has 5 heteroatoms. The lowest BCUT2D eigenvalue weighted by Crippen LogP contribution is -2.29. The molecule has 3 aromatic rings. The van der Waals surface area contributed by atoms with Gasteiger partial charge in [0.05, 0.1) is 7.11 Å². The number of hydrogen-bond acceptors (Lipinski definition) is 4. The van der Waals surface area contributed by atoms with Crippen molar-refractivity contribution in [3.63, 3.8) is 0 Å². The van der Waals surface area contributed by atoms with E-state index in [1.165, 1.54) is 0 Å². The summed E-state index contributed by atoms with van der Waals surface area (Å²) in [4.78, 5) is 15.0. The zero-order chi connectivity index (χ0) is 18.1. The van der Waals surface area contributed by atoms with Crippen molar-refractivity contribution in [2.24, 2.45) is 11.7 Å². The fourth-order valence-corrected chi connectivity index (χ4v) is 3.60. The van der Waals surface area contributed by atoms with Crippen LogP contribution in [0.5, 0.6) is 5.75 Å². The molecule has 1 unspecified atom stereocenters. The second-order valence-corrected chi connectivity index (χ2v) is 6.68. The number of methoxy groups -OCH3 is 1. The van der Waals surface area contributed by atoms with Crippen molar-refractivity contribution < 1.29 is 13.9 Å². The fraction of sp³-hybridized carbons (Fsp3) is 0.286. The predicted molar refractivity (Wildman–Crippen MR) is 101 cm³/mol. The molecule has 2 heterocycles. The van der Waals surface area contributed by atoms with Crippen molar-refractivity contribution in [1.82, 2.24) is 4.90 Å². The van der Waals surface area contributed by atoms with Gasteiger partial charge in [0.1, 0.15) is 11.3 Å². The van der Waals surface area contributed by atoms with Gasteiger partial charge in [0.25, 0.3) is 5.91 Å². The largest absolute Gasteiger partial charge is 0.497 e. The number of ether oxygens (including phenoxy) is 1. The number of furan rings is 1. The monoisotopic (exact) mass is 350 g/mol. The molecule has 2 N–H and O–H groups in total. The second kappa shape index (κ2) is 6.84. The van der Waals surface area contributed by atoms with E-state index in [0.717, 1.165) is 29.5 Å². The highest BCUT2D eigenvalue weighted by atomic mass is 16.5. The lowest BCUT2D eigenvalue weighted by Gasteiger charge is -2.15. The molecule has 1 atom stereocenters. The molecule has 5 nitrogen and oxygen atoms in total. The van der Waals surface area contributed by atoms with E-state index >= 15 is 0 Å². The highest BCUT2D eigenvalue weighted by molar-refractivity contribution is 6.08. The summed E-state index contributed by atoms with van der Waals surface area (Å²) < 4.78 is 11.3. The molecule has 1 amide bonds. The van der Waals surface area contributed by atoms with E-state index in [0.29, 0.717) is 36.1 Å². The van der Waals surface area contributed by atoms with Gasteiger partial charge in [-0.05, 0) is 36.6 Å². The molecule has 1 fully saturated rings. The molecule has 0 bridgehead atoms. The predicted octanol–water partition coefficient (Wildman–Crippen LogP) is 3.53. The molecular formula is C21H22N2O3. The Hall–Kier alpha value is -2.79. The molecule has 2 aromatic carbocycles. The van der Waals surface area contributed by atoms with Crippen LogP contribution in [0.4, 0.5) is 0 Å². The maximum absolute atomic E-state index is 13.2. The molecule has 1 aliphatic rings. The Labute approximate surface area is 152 Å². The highest BCUT2D eigenvalue weighted by Gasteiger charge is 2.31. The molecule has 1 aromatic heterocycles. The van der Waals surface area contributed by atoms with Gasteiger partial charge in [-0.3, -0.25) is 4.79 Å². The van der Waals surface area contributed by atoms with E-state index in [1.807, 2.05) is 53.4 Å². The number of hydrogen-bond donors (Lipinski definition) is 1. The van der Waals surface area contributed by atoms with E-state index < -0.39 is 0 Å². The second-order valence-electron chi connectivity index (χ2n) is 6.68. The van der Waals surface area contributed by atoms with Crippen LogP contribution in [-0.4, -0.2) is 37.6 Å². The summed E-state index contributed by atoms with van der Waals surface area (Å²) >= 11 is 0. The van der Waals surface area contributed by atoms with Crippen molar-refractivity contribution in [2.75, 3.05) is 26.7 Å². The van der Waals surface area contributed by atoms with E-state index in [1.54, 1.807) is 7.11 Å². The quantitative estimate of drug-likeness (QED) is 0.781. The summed E-state index contributed by atoms with van der Waals surface area (Å²) in [7, 11) is 1.62. The first-order valence-corrected chi connectivity index (χ1v) is 8.86. The maximum atomic E-state index is 13.2. The lowest BCUT2D eigenvalue weighted by atomic mass is 10.0. The zero-order valence-electron chi connectivity index (χ0n) is 14.8. The van der Waals surface area contributed by atoms with Gasteiger partial charge in [0.15, 0.2) is 0 Å². The summed E-state index contributed by atoms with van der Waals surface area (Å²) in [5.74, 6) is 1.38. The Bertz CT molecular complexity index is 933. The number of rotatable bonds is 4. The van der Waals surface area contributed by atoms with Crippen LogP contribution in [0.1, 0.15) is 17.0 Å². The Morgan fingerprint density at radius 2 is 2.08 bits per heavy atom. The molecule has 0 radical (unpaired) electrons. The average molecular weight is 350 g/mol. The van der Waals surface area contributed by atoms with Crippen LogP contribution >= 0.6 is 0 Å². The summed E-state index contributed by atoms with van der Waals surface area (Å²) in [6.45, 7) is 2.01. The number of amides is 1. The normalized spacial score (nSPS) is 17.0. The molecule has 0 aliphatic carbocycles. The van der Waals surface area contributed by atoms with Gasteiger partial charge in [-0.2, -0.15) is 0 Å². The number of nitrogens with two attached hydrogens (primary N) is 1. The molecule has 0 saturated carbocycles.